The number of aromatic nitrogens is 5. The second-order valence-corrected chi connectivity index (χ2v) is 8.91. The second kappa shape index (κ2) is 9.61. The Kier molecular flexibility index (Phi) is 6.20. The Hall–Kier alpha value is -4.53. The summed E-state index contributed by atoms with van der Waals surface area (Å²) in [4.78, 5) is 35.6. The first kappa shape index (κ1) is 23.2. The first-order valence-corrected chi connectivity index (χ1v) is 11.8. The minimum atomic E-state index is -0.407. The van der Waals surface area contributed by atoms with Crippen LogP contribution < -0.4 is 16.4 Å². The molecule has 0 aliphatic heterocycles. The number of imidazole rings is 1. The molecule has 0 unspecified atom stereocenters. The molecule has 0 saturated heterocycles. The minimum absolute atomic E-state index is 0.0225. The Morgan fingerprint density at radius 2 is 1.94 bits per heavy atom. The van der Waals surface area contributed by atoms with Gasteiger partial charge in [0.2, 0.25) is 0 Å². The van der Waals surface area contributed by atoms with Gasteiger partial charge in [-0.15, -0.1) is 0 Å². The molecule has 0 spiro atoms. The van der Waals surface area contributed by atoms with Crippen LogP contribution in [0, 0.1) is 12.3 Å². The van der Waals surface area contributed by atoms with Crippen LogP contribution in [0.4, 0.5) is 0 Å². The van der Waals surface area contributed by atoms with Crippen molar-refractivity contribution in [3.05, 3.63) is 106 Å². The van der Waals surface area contributed by atoms with Gasteiger partial charge in [0.25, 0.3) is 11.5 Å². The number of benzene rings is 1. The van der Waals surface area contributed by atoms with Crippen LogP contribution in [-0.2, 0) is 13.1 Å². The van der Waals surface area contributed by atoms with E-state index >= 15 is 0 Å². The number of carbonyl (C=O) groups is 1. The van der Waals surface area contributed by atoms with Gasteiger partial charge in [0, 0.05) is 31.7 Å². The minimum Gasteiger partial charge on any atom is -0.345 e. The molecule has 9 nitrogen and oxygen atoms in total. The highest BCUT2D eigenvalue weighted by molar-refractivity contribution is 5.97. The largest absolute Gasteiger partial charge is 0.345 e. The molecule has 0 aliphatic carbocycles. The molecule has 0 aliphatic rings. The van der Waals surface area contributed by atoms with Gasteiger partial charge in [-0.1, -0.05) is 36.4 Å². The summed E-state index contributed by atoms with van der Waals surface area (Å²) >= 11 is 0. The van der Waals surface area contributed by atoms with E-state index < -0.39 is 5.91 Å². The molecule has 9 heteroatoms. The molecular weight excluding hydrogens is 454 g/mol. The van der Waals surface area contributed by atoms with Gasteiger partial charge in [-0.3, -0.25) is 19.4 Å². The van der Waals surface area contributed by atoms with E-state index in [0.717, 1.165) is 11.1 Å². The molecule has 0 radical (unpaired) electrons. The summed E-state index contributed by atoms with van der Waals surface area (Å²) in [6.45, 7) is 4.89. The van der Waals surface area contributed by atoms with Crippen molar-refractivity contribution in [1.29, 1.82) is 5.41 Å². The zero-order valence-corrected chi connectivity index (χ0v) is 20.2. The van der Waals surface area contributed by atoms with Crippen LogP contribution in [0.3, 0.4) is 0 Å². The fourth-order valence-electron chi connectivity index (χ4n) is 4.36. The number of hydrogen-bond donors (Lipinski definition) is 2. The number of hydrogen-bond acceptors (Lipinski definition) is 5. The zero-order chi connectivity index (χ0) is 25.2. The maximum absolute atomic E-state index is 13.5. The van der Waals surface area contributed by atoms with Crippen molar-refractivity contribution in [2.75, 3.05) is 0 Å². The third-order valence-electron chi connectivity index (χ3n) is 6.30. The number of nitrogens with zero attached hydrogens (tertiary/aromatic N) is 5. The predicted molar refractivity (Wildman–Crippen MR) is 137 cm³/mol. The highest BCUT2D eigenvalue weighted by Gasteiger charge is 2.19. The molecular formula is C27H27N7O2. The molecule has 2 N–H and O–H groups in total. The van der Waals surface area contributed by atoms with Crippen LogP contribution >= 0.6 is 0 Å². The van der Waals surface area contributed by atoms with Gasteiger partial charge in [-0.25, -0.2) is 9.97 Å². The molecule has 36 heavy (non-hydrogen) atoms. The Bertz CT molecular complexity index is 1670. The number of carbonyl (C=O) groups excluding carboxylic acids is 1. The van der Waals surface area contributed by atoms with Crippen LogP contribution in [-0.4, -0.2) is 29.4 Å². The summed E-state index contributed by atoms with van der Waals surface area (Å²) in [5.41, 5.74) is 2.66. The lowest BCUT2D eigenvalue weighted by Crippen LogP contribution is -2.36. The number of rotatable bonds is 7. The lowest BCUT2D eigenvalue weighted by molar-refractivity contribution is 0.0937. The van der Waals surface area contributed by atoms with Gasteiger partial charge in [0.15, 0.2) is 0 Å². The van der Waals surface area contributed by atoms with Crippen molar-refractivity contribution in [1.82, 2.24) is 28.8 Å². The molecule has 5 aromatic rings. The molecule has 1 atom stereocenters. The molecule has 4 heterocycles. The van der Waals surface area contributed by atoms with Crippen LogP contribution in [0.5, 0.6) is 0 Å². The average Bonchev–Trinajstić information content (AvgIpc) is 3.40. The quantitative estimate of drug-likeness (QED) is 0.348. The van der Waals surface area contributed by atoms with Crippen LogP contribution in [0.2, 0.25) is 0 Å². The van der Waals surface area contributed by atoms with E-state index in [1.165, 1.54) is 10.5 Å². The Balaban J connectivity index is 1.60. The normalized spacial score (nSPS) is 12.2. The Labute approximate surface area is 207 Å². The monoisotopic (exact) mass is 481 g/mol. The van der Waals surface area contributed by atoms with Crippen LogP contribution in [0.15, 0.2) is 78.2 Å². The first-order chi connectivity index (χ1) is 17.4. The molecule has 0 bridgehead atoms. The summed E-state index contributed by atoms with van der Waals surface area (Å²) in [5.74, 6) is -0.407. The summed E-state index contributed by atoms with van der Waals surface area (Å²) in [7, 11) is 0. The third kappa shape index (κ3) is 4.43. The van der Waals surface area contributed by atoms with Crippen molar-refractivity contribution in [3.63, 3.8) is 0 Å². The molecule has 4 aromatic heterocycles. The smallest absolute Gasteiger partial charge is 0.267 e. The Morgan fingerprint density at radius 3 is 2.69 bits per heavy atom. The zero-order valence-electron chi connectivity index (χ0n) is 20.2. The van der Waals surface area contributed by atoms with Crippen molar-refractivity contribution in [2.24, 2.45) is 0 Å². The highest BCUT2D eigenvalue weighted by atomic mass is 16.2. The lowest BCUT2D eigenvalue weighted by atomic mass is 10.1. The van der Waals surface area contributed by atoms with Crippen molar-refractivity contribution in [3.8, 4) is 0 Å². The maximum Gasteiger partial charge on any atom is 0.267 e. The predicted octanol–water partition coefficient (Wildman–Crippen LogP) is 3.21. The van der Waals surface area contributed by atoms with Gasteiger partial charge in [-0.2, -0.15) is 0 Å². The average molecular weight is 482 g/mol. The fourth-order valence-corrected chi connectivity index (χ4v) is 4.36. The number of amides is 1. The summed E-state index contributed by atoms with van der Waals surface area (Å²) in [6.07, 6.45) is 7.73. The summed E-state index contributed by atoms with van der Waals surface area (Å²) in [5, 5.41) is 12.2. The molecule has 0 saturated carbocycles. The molecule has 5 rings (SSSR count). The van der Waals surface area contributed by atoms with Gasteiger partial charge < -0.3 is 14.5 Å². The van der Waals surface area contributed by atoms with Gasteiger partial charge in [-0.05, 0) is 43.5 Å². The van der Waals surface area contributed by atoms with Crippen LogP contribution in [0.1, 0.15) is 40.9 Å². The van der Waals surface area contributed by atoms with Gasteiger partial charge >= 0.3 is 0 Å². The van der Waals surface area contributed by atoms with E-state index in [2.05, 4.69) is 10.3 Å². The number of aryl methyl sites for hydroxylation is 3. The van der Waals surface area contributed by atoms with Crippen molar-refractivity contribution >= 4 is 22.6 Å². The summed E-state index contributed by atoms with van der Waals surface area (Å²) < 4.78 is 5.10. The van der Waals surface area contributed by atoms with Crippen LogP contribution in [0.25, 0.3) is 16.7 Å². The van der Waals surface area contributed by atoms with Crippen molar-refractivity contribution in [2.45, 2.75) is 39.4 Å². The standard InChI is InChI=1S/C27H27N7O2/c1-18-9-10-23-31-25-22(27(36)34(23)16-18)15-21(26(35)30-19(2)20-7-4-3-5-8-20)24(28)33(25)13-6-12-32-14-11-29-17-32/h3-5,7-11,14-17,19,28H,6,12-13H2,1-2H3,(H,30,35)/t19-/m0/s1. The number of pyridine rings is 2. The van der Waals surface area contributed by atoms with E-state index in [4.69, 9.17) is 10.4 Å². The topological polar surface area (TPSA) is 110 Å². The molecule has 1 aromatic carbocycles. The van der Waals surface area contributed by atoms with Gasteiger partial charge in [0.1, 0.15) is 16.8 Å². The van der Waals surface area contributed by atoms with E-state index in [9.17, 15) is 9.59 Å². The van der Waals surface area contributed by atoms with Crippen molar-refractivity contribution < 1.29 is 4.79 Å². The van der Waals surface area contributed by atoms with E-state index in [0.29, 0.717) is 36.2 Å². The molecule has 0 fully saturated rings. The van der Waals surface area contributed by atoms with Gasteiger partial charge in [0.05, 0.1) is 23.3 Å². The molecule has 182 valence electrons. The second-order valence-electron chi connectivity index (χ2n) is 8.91. The first-order valence-electron chi connectivity index (χ1n) is 11.8. The lowest BCUT2D eigenvalue weighted by Gasteiger charge is -2.17. The third-order valence-corrected chi connectivity index (χ3v) is 6.30. The van der Waals surface area contributed by atoms with E-state index in [1.807, 2.05) is 61.0 Å². The maximum atomic E-state index is 13.5. The Morgan fingerprint density at radius 1 is 1.14 bits per heavy atom. The number of nitrogens with one attached hydrogen (secondary N) is 2. The van der Waals surface area contributed by atoms with E-state index in [-0.39, 0.29) is 22.7 Å². The SMILES string of the molecule is Cc1ccc2nc3c(cc(C(=O)N[C@@H](C)c4ccccc4)c(=N)n3CCCn3ccnc3)c(=O)n2c1. The molecule has 1 amide bonds. The number of fused-ring (bicyclic) bond motifs is 2. The fraction of sp³-hybridized carbons (Fsp3) is 0.222. The summed E-state index contributed by atoms with van der Waals surface area (Å²) in [6, 6.07) is 14.5. The van der Waals surface area contributed by atoms with E-state index in [1.54, 1.807) is 29.4 Å². The highest BCUT2D eigenvalue weighted by Crippen LogP contribution is 2.15.